The van der Waals surface area contributed by atoms with Crippen LogP contribution in [0.4, 0.5) is 0 Å². The van der Waals surface area contributed by atoms with Crippen LogP contribution in [0.2, 0.25) is 5.15 Å². The molecule has 0 radical (unpaired) electrons. The SMILES string of the molecule is NC(=O)C#Cc1cc(Br)cnc1Cl. The summed E-state index contributed by atoms with van der Waals surface area (Å²) in [6.07, 6.45) is 1.54. The van der Waals surface area contributed by atoms with Crippen LogP contribution in [0.3, 0.4) is 0 Å². The first kappa shape index (κ1) is 10.0. The van der Waals surface area contributed by atoms with Gasteiger partial charge in [0, 0.05) is 16.6 Å². The first-order valence-electron chi connectivity index (χ1n) is 3.22. The summed E-state index contributed by atoms with van der Waals surface area (Å²) in [4.78, 5) is 14.2. The smallest absolute Gasteiger partial charge is 0.293 e. The van der Waals surface area contributed by atoms with Crippen LogP contribution in [0.1, 0.15) is 5.56 Å². The van der Waals surface area contributed by atoms with Crippen LogP contribution in [0.15, 0.2) is 16.7 Å². The summed E-state index contributed by atoms with van der Waals surface area (Å²) >= 11 is 8.89. The third-order valence-electron chi connectivity index (χ3n) is 1.13. The van der Waals surface area contributed by atoms with Crippen LogP contribution in [0.5, 0.6) is 0 Å². The standard InChI is InChI=1S/C8H4BrClN2O/c9-6-3-5(1-2-7(11)13)8(10)12-4-6/h3-4H,(H2,11,13). The average Bonchev–Trinajstić information content (AvgIpc) is 2.06. The molecule has 1 aromatic rings. The number of primary amides is 1. The molecule has 0 aliphatic carbocycles. The Kier molecular flexibility index (Phi) is 3.29. The van der Waals surface area contributed by atoms with E-state index in [0.29, 0.717) is 5.56 Å². The van der Waals surface area contributed by atoms with Crippen molar-refractivity contribution in [2.45, 2.75) is 0 Å². The minimum Gasteiger partial charge on any atom is -0.359 e. The van der Waals surface area contributed by atoms with Gasteiger partial charge in [-0.05, 0) is 22.0 Å². The number of hydrogen-bond acceptors (Lipinski definition) is 2. The number of nitrogens with zero attached hydrogens (tertiary/aromatic N) is 1. The fourth-order valence-electron chi connectivity index (χ4n) is 0.639. The quantitative estimate of drug-likeness (QED) is 0.564. The maximum Gasteiger partial charge on any atom is 0.293 e. The Morgan fingerprint density at radius 1 is 1.69 bits per heavy atom. The molecule has 0 aliphatic heterocycles. The summed E-state index contributed by atoms with van der Waals surface area (Å²) in [5.74, 6) is 3.98. The summed E-state index contributed by atoms with van der Waals surface area (Å²) in [5, 5.41) is 0.247. The van der Waals surface area contributed by atoms with E-state index in [0.717, 1.165) is 4.47 Å². The maximum absolute atomic E-state index is 10.3. The van der Waals surface area contributed by atoms with Crippen molar-refractivity contribution in [3.8, 4) is 11.8 Å². The molecule has 0 spiro atoms. The summed E-state index contributed by atoms with van der Waals surface area (Å²) in [6.45, 7) is 0. The van der Waals surface area contributed by atoms with Crippen molar-refractivity contribution in [1.29, 1.82) is 0 Å². The van der Waals surface area contributed by atoms with Crippen molar-refractivity contribution in [1.82, 2.24) is 4.98 Å². The highest BCUT2D eigenvalue weighted by atomic mass is 79.9. The van der Waals surface area contributed by atoms with Crippen LogP contribution in [-0.4, -0.2) is 10.9 Å². The Morgan fingerprint density at radius 2 is 2.38 bits per heavy atom. The number of hydrogen-bond donors (Lipinski definition) is 1. The summed E-state index contributed by atoms with van der Waals surface area (Å²) in [7, 11) is 0. The monoisotopic (exact) mass is 258 g/mol. The molecule has 1 rings (SSSR count). The van der Waals surface area contributed by atoms with Crippen molar-refractivity contribution >= 4 is 33.4 Å². The van der Waals surface area contributed by atoms with Gasteiger partial charge in [0.25, 0.3) is 5.91 Å². The van der Waals surface area contributed by atoms with Crippen molar-refractivity contribution < 1.29 is 4.79 Å². The second-order valence-electron chi connectivity index (χ2n) is 2.11. The minimum atomic E-state index is -0.698. The predicted octanol–water partition coefficient (Wildman–Crippen LogP) is 1.33. The first-order chi connectivity index (χ1) is 6.09. The second kappa shape index (κ2) is 4.26. The number of carbonyl (C=O) groups is 1. The zero-order valence-electron chi connectivity index (χ0n) is 6.34. The maximum atomic E-state index is 10.3. The molecule has 5 heteroatoms. The van der Waals surface area contributed by atoms with Gasteiger partial charge in [0.2, 0.25) is 0 Å². The van der Waals surface area contributed by atoms with E-state index in [-0.39, 0.29) is 5.15 Å². The van der Waals surface area contributed by atoms with Gasteiger partial charge in [-0.25, -0.2) is 4.98 Å². The van der Waals surface area contributed by atoms with Crippen LogP contribution >= 0.6 is 27.5 Å². The lowest BCUT2D eigenvalue weighted by Gasteiger charge is -1.94. The molecule has 0 saturated heterocycles. The molecule has 1 amide bonds. The van der Waals surface area contributed by atoms with Crippen molar-refractivity contribution in [2.24, 2.45) is 5.73 Å². The van der Waals surface area contributed by atoms with Gasteiger partial charge in [-0.1, -0.05) is 17.5 Å². The predicted molar refractivity (Wildman–Crippen MR) is 53.0 cm³/mol. The number of aromatic nitrogens is 1. The second-order valence-corrected chi connectivity index (χ2v) is 3.38. The van der Waals surface area contributed by atoms with E-state index < -0.39 is 5.91 Å². The van der Waals surface area contributed by atoms with Crippen molar-refractivity contribution in [3.63, 3.8) is 0 Å². The third-order valence-corrected chi connectivity index (χ3v) is 1.86. The summed E-state index contributed by atoms with van der Waals surface area (Å²) < 4.78 is 0.741. The molecule has 3 nitrogen and oxygen atoms in total. The highest BCUT2D eigenvalue weighted by molar-refractivity contribution is 9.10. The summed E-state index contributed by atoms with van der Waals surface area (Å²) in [5.41, 5.74) is 5.31. The Morgan fingerprint density at radius 3 is 3.00 bits per heavy atom. The molecule has 66 valence electrons. The van der Waals surface area contributed by atoms with E-state index in [1.165, 1.54) is 6.20 Å². The molecule has 13 heavy (non-hydrogen) atoms. The van der Waals surface area contributed by atoms with Crippen molar-refractivity contribution in [3.05, 3.63) is 27.5 Å². The van der Waals surface area contributed by atoms with E-state index in [1.54, 1.807) is 6.07 Å². The van der Waals surface area contributed by atoms with E-state index in [4.69, 9.17) is 17.3 Å². The van der Waals surface area contributed by atoms with E-state index in [1.807, 2.05) is 0 Å². The van der Waals surface area contributed by atoms with Gasteiger partial charge in [0.1, 0.15) is 5.15 Å². The van der Waals surface area contributed by atoms with Crippen LogP contribution in [0, 0.1) is 11.8 Å². The van der Waals surface area contributed by atoms with Gasteiger partial charge < -0.3 is 5.73 Å². The Balaban J connectivity index is 3.09. The molecule has 0 atom stereocenters. The molecule has 2 N–H and O–H groups in total. The van der Waals surface area contributed by atoms with E-state index in [2.05, 4.69) is 32.8 Å². The van der Waals surface area contributed by atoms with Gasteiger partial charge in [0.15, 0.2) is 0 Å². The topological polar surface area (TPSA) is 56.0 Å². The fraction of sp³-hybridized carbons (Fsp3) is 0. The third kappa shape index (κ3) is 3.05. The largest absolute Gasteiger partial charge is 0.359 e. The Hall–Kier alpha value is -1.05. The minimum absolute atomic E-state index is 0.247. The molecular formula is C8H4BrClN2O. The van der Waals surface area contributed by atoms with E-state index >= 15 is 0 Å². The number of pyridine rings is 1. The number of amides is 1. The molecule has 1 aromatic heterocycles. The number of rotatable bonds is 0. The Labute approximate surface area is 88.4 Å². The van der Waals surface area contributed by atoms with Gasteiger partial charge in [-0.15, -0.1) is 0 Å². The molecule has 1 heterocycles. The molecule has 0 aliphatic rings. The van der Waals surface area contributed by atoms with Crippen LogP contribution < -0.4 is 5.73 Å². The van der Waals surface area contributed by atoms with Gasteiger partial charge in [0.05, 0.1) is 5.56 Å². The molecule has 0 saturated carbocycles. The Bertz CT molecular complexity index is 408. The lowest BCUT2D eigenvalue weighted by molar-refractivity contribution is -0.112. The number of carbonyl (C=O) groups excluding carboxylic acids is 1. The first-order valence-corrected chi connectivity index (χ1v) is 4.39. The van der Waals surface area contributed by atoms with E-state index in [9.17, 15) is 4.79 Å². The molecule has 0 fully saturated rings. The van der Waals surface area contributed by atoms with Gasteiger partial charge in [-0.3, -0.25) is 4.79 Å². The molecule has 0 unspecified atom stereocenters. The summed E-state index contributed by atoms with van der Waals surface area (Å²) in [6, 6.07) is 1.66. The molecule has 0 bridgehead atoms. The molecular weight excluding hydrogens is 255 g/mol. The number of halogens is 2. The lowest BCUT2D eigenvalue weighted by Crippen LogP contribution is -2.06. The normalized spacial score (nSPS) is 8.77. The van der Waals surface area contributed by atoms with Gasteiger partial charge in [-0.2, -0.15) is 0 Å². The lowest BCUT2D eigenvalue weighted by atomic mass is 10.3. The zero-order chi connectivity index (χ0) is 9.84. The fourth-order valence-corrected chi connectivity index (χ4v) is 1.12. The zero-order valence-corrected chi connectivity index (χ0v) is 8.69. The van der Waals surface area contributed by atoms with Crippen molar-refractivity contribution in [2.75, 3.05) is 0 Å². The van der Waals surface area contributed by atoms with Crippen LogP contribution in [0.25, 0.3) is 0 Å². The molecule has 0 aromatic carbocycles. The highest BCUT2D eigenvalue weighted by Crippen LogP contribution is 2.16. The van der Waals surface area contributed by atoms with Gasteiger partial charge >= 0.3 is 0 Å². The average molecular weight is 259 g/mol. The highest BCUT2D eigenvalue weighted by Gasteiger charge is 1.98. The number of nitrogens with two attached hydrogens (primary N) is 1. The van der Waals surface area contributed by atoms with Crippen LogP contribution in [-0.2, 0) is 4.79 Å².